The van der Waals surface area contributed by atoms with Crippen LogP contribution in [0.25, 0.3) is 0 Å². The molecule has 172 valence electrons. The number of alkyl halides is 3. The molecule has 2 amide bonds. The van der Waals surface area contributed by atoms with Crippen LogP contribution in [-0.4, -0.2) is 77.2 Å². The van der Waals surface area contributed by atoms with Crippen LogP contribution in [0.2, 0.25) is 0 Å². The number of hydrogen-bond acceptors (Lipinski definition) is 5. The second-order valence-corrected chi connectivity index (χ2v) is 7.72. The van der Waals surface area contributed by atoms with Crippen molar-refractivity contribution < 1.29 is 37.4 Å². The fraction of sp³-hybridized carbons (Fsp3) is 0.600. The first kappa shape index (κ1) is 24.6. The van der Waals surface area contributed by atoms with E-state index in [1.165, 1.54) is 0 Å². The van der Waals surface area contributed by atoms with E-state index < -0.39 is 17.6 Å². The van der Waals surface area contributed by atoms with E-state index in [4.69, 9.17) is 14.6 Å². The maximum atomic E-state index is 13.1. The molecule has 0 bridgehead atoms. The Labute approximate surface area is 178 Å². The fourth-order valence-corrected chi connectivity index (χ4v) is 3.93. The highest BCUT2D eigenvalue weighted by molar-refractivity contribution is 5.87. The molecule has 1 N–H and O–H groups in total. The maximum absolute atomic E-state index is 13.1. The van der Waals surface area contributed by atoms with Gasteiger partial charge in [0.2, 0.25) is 11.8 Å². The first-order valence-corrected chi connectivity index (χ1v) is 9.76. The Morgan fingerprint density at radius 3 is 2.61 bits per heavy atom. The number of carbonyl (C=O) groups is 3. The number of hydrogen-bond donors (Lipinski definition) is 1. The van der Waals surface area contributed by atoms with Gasteiger partial charge in [-0.25, -0.2) is 4.79 Å². The quantitative estimate of drug-likeness (QED) is 0.744. The highest BCUT2D eigenvalue weighted by Crippen LogP contribution is 2.45. The number of carbonyl (C=O) groups excluding carboxylic acids is 2. The summed E-state index contributed by atoms with van der Waals surface area (Å²) < 4.78 is 36.7. The number of ether oxygens (including phenoxy) is 1. The molecular weight excluding hydrogens is 419 g/mol. The summed E-state index contributed by atoms with van der Waals surface area (Å²) in [5.74, 6) is -2.30. The summed E-state index contributed by atoms with van der Waals surface area (Å²) in [6.45, 7) is 5.07. The lowest BCUT2D eigenvalue weighted by Crippen LogP contribution is -2.40. The Balaban J connectivity index is 0.000000423. The molecule has 11 heteroatoms. The molecule has 0 aromatic carbocycles. The van der Waals surface area contributed by atoms with Gasteiger partial charge in [-0.2, -0.15) is 13.2 Å². The standard InChI is InChI=1S/C18H25N3O3.C2HF3O2/c1-14-11-21(16(22)5-9-24-2)13-18(14)6-8-20(17(18)23)12-15-4-3-7-19-10-15;3-2(4,5)1(6)7/h3-4,7,10,14H,5-6,8-9,11-13H2,1-2H3;(H,6,7)/t14-,18-;/m1./s1. The summed E-state index contributed by atoms with van der Waals surface area (Å²) in [6.07, 6.45) is -0.343. The van der Waals surface area contributed by atoms with Gasteiger partial charge in [0, 0.05) is 45.7 Å². The number of pyridine rings is 1. The van der Waals surface area contributed by atoms with Gasteiger partial charge in [-0.3, -0.25) is 14.6 Å². The summed E-state index contributed by atoms with van der Waals surface area (Å²) in [5.41, 5.74) is 0.631. The second kappa shape index (κ2) is 10.1. The van der Waals surface area contributed by atoms with Crippen molar-refractivity contribution in [2.24, 2.45) is 11.3 Å². The molecule has 3 heterocycles. The Morgan fingerprint density at radius 1 is 1.39 bits per heavy atom. The number of aromatic nitrogens is 1. The lowest BCUT2D eigenvalue weighted by molar-refractivity contribution is -0.192. The number of carboxylic acid groups (broad SMARTS) is 1. The highest BCUT2D eigenvalue weighted by atomic mass is 19.4. The van der Waals surface area contributed by atoms with Crippen molar-refractivity contribution in [3.63, 3.8) is 0 Å². The minimum absolute atomic E-state index is 0.0825. The van der Waals surface area contributed by atoms with Crippen molar-refractivity contribution in [1.29, 1.82) is 0 Å². The van der Waals surface area contributed by atoms with E-state index in [9.17, 15) is 22.8 Å². The van der Waals surface area contributed by atoms with E-state index >= 15 is 0 Å². The molecule has 1 aromatic rings. The van der Waals surface area contributed by atoms with Gasteiger partial charge in [0.25, 0.3) is 0 Å². The van der Waals surface area contributed by atoms with Crippen LogP contribution in [0.15, 0.2) is 24.5 Å². The monoisotopic (exact) mass is 445 g/mol. The van der Waals surface area contributed by atoms with Gasteiger partial charge < -0.3 is 19.6 Å². The topological polar surface area (TPSA) is 100 Å². The number of likely N-dealkylation sites (tertiary alicyclic amines) is 2. The smallest absolute Gasteiger partial charge is 0.475 e. The third kappa shape index (κ3) is 5.93. The van der Waals surface area contributed by atoms with Crippen LogP contribution >= 0.6 is 0 Å². The van der Waals surface area contributed by atoms with Crippen LogP contribution in [0.5, 0.6) is 0 Å². The summed E-state index contributed by atoms with van der Waals surface area (Å²) in [7, 11) is 1.60. The normalized spacial score (nSPS) is 23.1. The predicted octanol–water partition coefficient (Wildman–Crippen LogP) is 1.95. The maximum Gasteiger partial charge on any atom is 0.490 e. The largest absolute Gasteiger partial charge is 0.490 e. The van der Waals surface area contributed by atoms with Crippen molar-refractivity contribution in [2.45, 2.75) is 32.5 Å². The van der Waals surface area contributed by atoms with Crippen LogP contribution in [0, 0.1) is 11.3 Å². The number of rotatable bonds is 5. The lowest BCUT2D eigenvalue weighted by atomic mass is 9.78. The molecule has 31 heavy (non-hydrogen) atoms. The number of nitrogens with zero attached hydrogens (tertiary/aromatic N) is 3. The molecule has 0 radical (unpaired) electrons. The number of carboxylic acids is 1. The molecule has 2 aliphatic rings. The minimum Gasteiger partial charge on any atom is -0.475 e. The zero-order valence-corrected chi connectivity index (χ0v) is 17.4. The van der Waals surface area contributed by atoms with Gasteiger partial charge in [0.15, 0.2) is 0 Å². The number of methoxy groups -OCH3 is 1. The third-order valence-corrected chi connectivity index (χ3v) is 5.66. The minimum atomic E-state index is -5.08. The zero-order valence-electron chi connectivity index (χ0n) is 17.4. The van der Waals surface area contributed by atoms with E-state index in [1.54, 1.807) is 19.5 Å². The lowest BCUT2D eigenvalue weighted by Gasteiger charge is -2.26. The molecule has 0 aliphatic carbocycles. The summed E-state index contributed by atoms with van der Waals surface area (Å²) in [6, 6.07) is 3.88. The van der Waals surface area contributed by atoms with Crippen molar-refractivity contribution in [3.8, 4) is 0 Å². The molecule has 2 saturated heterocycles. The van der Waals surface area contributed by atoms with Gasteiger partial charge in [-0.15, -0.1) is 0 Å². The average molecular weight is 445 g/mol. The SMILES string of the molecule is COCCC(=O)N1C[C@@H](C)[C@@]2(CCN(Cc3cccnc3)C2=O)C1.O=C(O)C(F)(F)F. The molecular formula is C20H26F3N3O5. The molecule has 1 aromatic heterocycles. The zero-order chi connectivity index (χ0) is 23.2. The second-order valence-electron chi connectivity index (χ2n) is 7.72. The Hall–Kier alpha value is -2.69. The summed E-state index contributed by atoms with van der Waals surface area (Å²) in [5, 5.41) is 7.12. The van der Waals surface area contributed by atoms with E-state index in [0.29, 0.717) is 32.7 Å². The van der Waals surface area contributed by atoms with Crippen molar-refractivity contribution in [3.05, 3.63) is 30.1 Å². The number of halogens is 3. The fourth-order valence-electron chi connectivity index (χ4n) is 3.93. The van der Waals surface area contributed by atoms with Crippen LogP contribution in [0.4, 0.5) is 13.2 Å². The Bertz CT molecular complexity index is 790. The van der Waals surface area contributed by atoms with Crippen LogP contribution < -0.4 is 0 Å². The van der Waals surface area contributed by atoms with E-state index in [2.05, 4.69) is 11.9 Å². The average Bonchev–Trinajstić information content (AvgIpc) is 3.22. The van der Waals surface area contributed by atoms with Gasteiger partial charge in [-0.1, -0.05) is 13.0 Å². The van der Waals surface area contributed by atoms with Gasteiger partial charge in [0.1, 0.15) is 0 Å². The first-order chi connectivity index (χ1) is 14.5. The van der Waals surface area contributed by atoms with Crippen molar-refractivity contribution in [1.82, 2.24) is 14.8 Å². The molecule has 1 spiro atoms. The Kier molecular flexibility index (Phi) is 7.99. The van der Waals surface area contributed by atoms with Crippen LogP contribution in [0.1, 0.15) is 25.3 Å². The van der Waals surface area contributed by atoms with E-state index in [1.807, 2.05) is 21.9 Å². The molecule has 2 fully saturated rings. The van der Waals surface area contributed by atoms with Crippen LogP contribution in [-0.2, 0) is 25.7 Å². The van der Waals surface area contributed by atoms with Crippen molar-refractivity contribution >= 4 is 17.8 Å². The molecule has 0 saturated carbocycles. The third-order valence-electron chi connectivity index (χ3n) is 5.66. The van der Waals surface area contributed by atoms with Crippen LogP contribution in [0.3, 0.4) is 0 Å². The Morgan fingerprint density at radius 2 is 2.06 bits per heavy atom. The predicted molar refractivity (Wildman–Crippen MR) is 103 cm³/mol. The number of amides is 2. The summed E-state index contributed by atoms with van der Waals surface area (Å²) in [4.78, 5) is 42.1. The molecule has 2 atom stereocenters. The first-order valence-electron chi connectivity index (χ1n) is 9.76. The molecule has 3 rings (SSSR count). The van der Waals surface area contributed by atoms with Gasteiger partial charge in [0.05, 0.1) is 18.4 Å². The molecule has 8 nitrogen and oxygen atoms in total. The highest BCUT2D eigenvalue weighted by Gasteiger charge is 2.55. The number of aliphatic carboxylic acids is 1. The van der Waals surface area contributed by atoms with Gasteiger partial charge >= 0.3 is 12.1 Å². The van der Waals surface area contributed by atoms with E-state index in [-0.39, 0.29) is 17.7 Å². The van der Waals surface area contributed by atoms with Crippen molar-refractivity contribution in [2.75, 3.05) is 33.4 Å². The van der Waals surface area contributed by atoms with Gasteiger partial charge in [-0.05, 0) is 24.0 Å². The summed E-state index contributed by atoms with van der Waals surface area (Å²) >= 11 is 0. The molecule has 2 aliphatic heterocycles. The van der Waals surface area contributed by atoms with E-state index in [0.717, 1.165) is 18.5 Å². The molecule has 0 unspecified atom stereocenters.